The number of benzene rings is 1. The second-order valence-electron chi connectivity index (χ2n) is 4.20. The van der Waals surface area contributed by atoms with Gasteiger partial charge in [0.2, 0.25) is 0 Å². The number of phenols is 1. The lowest BCUT2D eigenvalue weighted by atomic mass is 10.1. The highest BCUT2D eigenvalue weighted by atomic mass is 16.4. The van der Waals surface area contributed by atoms with Crippen LogP contribution in [0.2, 0.25) is 0 Å². The maximum absolute atomic E-state index is 11.9. The molecule has 1 unspecified atom stereocenters. The van der Waals surface area contributed by atoms with Crippen molar-refractivity contribution in [3.63, 3.8) is 0 Å². The fraction of sp³-hybridized carbons (Fsp3) is 0.250. The van der Waals surface area contributed by atoms with Crippen molar-refractivity contribution in [1.29, 1.82) is 0 Å². The summed E-state index contributed by atoms with van der Waals surface area (Å²) in [6.45, 7) is 0.507. The predicted molar refractivity (Wildman–Crippen MR) is 67.1 cm³/mol. The van der Waals surface area contributed by atoms with Gasteiger partial charge in [0.1, 0.15) is 5.75 Å². The smallest absolute Gasteiger partial charge is 0.330 e. The van der Waals surface area contributed by atoms with Crippen LogP contribution >= 0.6 is 0 Å². The van der Waals surface area contributed by atoms with Crippen LogP contribution in [0.15, 0.2) is 24.3 Å². The number of aromatic hydroxyl groups is 1. The molecule has 1 heterocycles. The third-order valence-corrected chi connectivity index (χ3v) is 2.82. The Morgan fingerprint density at radius 3 is 2.70 bits per heavy atom. The number of imide groups is 1. The molecule has 1 aromatic rings. The van der Waals surface area contributed by atoms with Gasteiger partial charge in [-0.2, -0.15) is 0 Å². The number of aliphatic carboxylic acids is 1. The Hall–Kier alpha value is -2.77. The van der Waals surface area contributed by atoms with Gasteiger partial charge in [0.25, 0.3) is 0 Å². The van der Waals surface area contributed by atoms with Crippen LogP contribution < -0.4 is 10.6 Å². The molecular formula is C12H13N3O5. The number of amides is 4. The molecule has 1 atom stereocenters. The minimum atomic E-state index is -1.34. The van der Waals surface area contributed by atoms with E-state index in [4.69, 9.17) is 5.11 Å². The van der Waals surface area contributed by atoms with Gasteiger partial charge in [-0.15, -0.1) is 0 Å². The van der Waals surface area contributed by atoms with Crippen molar-refractivity contribution in [3.05, 3.63) is 29.8 Å². The minimum Gasteiger partial charge on any atom is -0.508 e. The van der Waals surface area contributed by atoms with Crippen LogP contribution in [0.4, 0.5) is 9.59 Å². The van der Waals surface area contributed by atoms with Gasteiger partial charge in [0, 0.05) is 13.1 Å². The van der Waals surface area contributed by atoms with Gasteiger partial charge in [-0.05, 0) is 17.7 Å². The van der Waals surface area contributed by atoms with E-state index in [-0.39, 0.29) is 17.9 Å². The molecule has 2 rings (SSSR count). The number of hydrogen-bond donors (Lipinski definition) is 4. The molecule has 8 heteroatoms. The highest BCUT2D eigenvalue weighted by Crippen LogP contribution is 2.19. The Labute approximate surface area is 114 Å². The van der Waals surface area contributed by atoms with Gasteiger partial charge in [-0.25, -0.2) is 19.3 Å². The van der Waals surface area contributed by atoms with E-state index in [2.05, 4.69) is 10.6 Å². The SMILES string of the molecule is O=C(O)C(NC(=O)N1CCNC1=O)c1cccc(O)c1. The quantitative estimate of drug-likeness (QED) is 0.632. The molecule has 0 aliphatic carbocycles. The Bertz CT molecular complexity index is 560. The van der Waals surface area contributed by atoms with Crippen molar-refractivity contribution in [3.8, 4) is 5.75 Å². The van der Waals surface area contributed by atoms with Crippen molar-refractivity contribution in [1.82, 2.24) is 15.5 Å². The predicted octanol–water partition coefficient (Wildman–Crippen LogP) is 0.253. The number of phenolic OH excluding ortho intramolecular Hbond substituents is 1. The molecule has 1 fully saturated rings. The topological polar surface area (TPSA) is 119 Å². The van der Waals surface area contributed by atoms with E-state index in [0.717, 1.165) is 4.90 Å². The number of nitrogens with one attached hydrogen (secondary N) is 2. The van der Waals surface area contributed by atoms with Gasteiger partial charge in [-0.1, -0.05) is 12.1 Å². The Morgan fingerprint density at radius 1 is 1.40 bits per heavy atom. The largest absolute Gasteiger partial charge is 0.508 e. The number of nitrogens with zero attached hydrogens (tertiary/aromatic N) is 1. The van der Waals surface area contributed by atoms with Crippen LogP contribution in [0.25, 0.3) is 0 Å². The summed E-state index contributed by atoms with van der Waals surface area (Å²) in [6.07, 6.45) is 0. The molecule has 0 radical (unpaired) electrons. The molecule has 0 aromatic heterocycles. The first-order valence-electron chi connectivity index (χ1n) is 5.86. The molecule has 4 amide bonds. The standard InChI is InChI=1S/C12H13N3O5/c16-8-3-1-2-7(6-8)9(10(17)18)14-12(20)15-5-4-13-11(15)19/h1-3,6,9,16H,4-5H2,(H,13,19)(H,14,20)(H,17,18). The number of carboxylic acids is 1. The Kier molecular flexibility index (Phi) is 3.74. The zero-order chi connectivity index (χ0) is 14.7. The fourth-order valence-corrected chi connectivity index (χ4v) is 1.86. The molecule has 8 nitrogen and oxygen atoms in total. The third kappa shape index (κ3) is 2.79. The monoisotopic (exact) mass is 279 g/mol. The third-order valence-electron chi connectivity index (χ3n) is 2.82. The van der Waals surface area contributed by atoms with Crippen molar-refractivity contribution in [2.75, 3.05) is 13.1 Å². The van der Waals surface area contributed by atoms with Crippen molar-refractivity contribution < 1.29 is 24.6 Å². The fourth-order valence-electron chi connectivity index (χ4n) is 1.86. The summed E-state index contributed by atoms with van der Waals surface area (Å²) in [5.41, 5.74) is 0.213. The maximum Gasteiger partial charge on any atom is 0.330 e. The molecule has 1 aromatic carbocycles. The summed E-state index contributed by atoms with van der Waals surface area (Å²) in [7, 11) is 0. The highest BCUT2D eigenvalue weighted by molar-refractivity contribution is 5.96. The number of urea groups is 2. The van der Waals surface area contributed by atoms with E-state index >= 15 is 0 Å². The minimum absolute atomic E-state index is 0.109. The lowest BCUT2D eigenvalue weighted by Gasteiger charge is -2.19. The summed E-state index contributed by atoms with van der Waals surface area (Å²) in [5.74, 6) is -1.40. The number of rotatable bonds is 3. The molecule has 4 N–H and O–H groups in total. The first kappa shape index (κ1) is 13.7. The molecule has 20 heavy (non-hydrogen) atoms. The van der Waals surface area contributed by atoms with E-state index in [9.17, 15) is 19.5 Å². The van der Waals surface area contributed by atoms with Gasteiger partial charge in [0.15, 0.2) is 6.04 Å². The molecule has 106 valence electrons. The van der Waals surface area contributed by atoms with E-state index < -0.39 is 24.1 Å². The maximum atomic E-state index is 11.9. The van der Waals surface area contributed by atoms with E-state index in [1.54, 1.807) is 0 Å². The van der Waals surface area contributed by atoms with Crippen LogP contribution in [0, 0.1) is 0 Å². The number of carboxylic acid groups (broad SMARTS) is 1. The molecular weight excluding hydrogens is 266 g/mol. The zero-order valence-electron chi connectivity index (χ0n) is 10.4. The summed E-state index contributed by atoms with van der Waals surface area (Å²) < 4.78 is 0. The second kappa shape index (κ2) is 5.47. The van der Waals surface area contributed by atoms with Crippen LogP contribution in [0.3, 0.4) is 0 Å². The molecule has 1 aliphatic rings. The number of hydrogen-bond acceptors (Lipinski definition) is 4. The van der Waals surface area contributed by atoms with Crippen LogP contribution in [0.5, 0.6) is 5.75 Å². The highest BCUT2D eigenvalue weighted by Gasteiger charge is 2.30. The molecule has 0 spiro atoms. The Balaban J connectivity index is 2.16. The summed E-state index contributed by atoms with van der Waals surface area (Å²) in [5, 5.41) is 23.2. The molecule has 1 saturated heterocycles. The van der Waals surface area contributed by atoms with Gasteiger partial charge in [0.05, 0.1) is 0 Å². The van der Waals surface area contributed by atoms with E-state index in [1.807, 2.05) is 0 Å². The normalized spacial score (nSPS) is 15.6. The lowest BCUT2D eigenvalue weighted by molar-refractivity contribution is -0.139. The number of carbonyl (C=O) groups is 3. The average Bonchev–Trinajstić information content (AvgIpc) is 2.81. The zero-order valence-corrected chi connectivity index (χ0v) is 10.4. The first-order chi connectivity index (χ1) is 9.49. The summed E-state index contributed by atoms with van der Waals surface area (Å²) in [6, 6.07) is 2.85. The van der Waals surface area contributed by atoms with Crippen LogP contribution in [0.1, 0.15) is 11.6 Å². The average molecular weight is 279 g/mol. The van der Waals surface area contributed by atoms with Crippen molar-refractivity contribution in [2.24, 2.45) is 0 Å². The van der Waals surface area contributed by atoms with Crippen molar-refractivity contribution >= 4 is 18.0 Å². The Morgan fingerprint density at radius 2 is 2.15 bits per heavy atom. The van der Waals surface area contributed by atoms with Crippen LogP contribution in [-0.4, -0.2) is 46.2 Å². The van der Waals surface area contributed by atoms with E-state index in [1.165, 1.54) is 24.3 Å². The van der Waals surface area contributed by atoms with E-state index in [0.29, 0.717) is 6.54 Å². The van der Waals surface area contributed by atoms with Gasteiger partial charge >= 0.3 is 18.0 Å². The summed E-state index contributed by atoms with van der Waals surface area (Å²) >= 11 is 0. The van der Waals surface area contributed by atoms with Crippen molar-refractivity contribution in [2.45, 2.75) is 6.04 Å². The molecule has 0 saturated carbocycles. The second-order valence-corrected chi connectivity index (χ2v) is 4.20. The molecule has 0 bridgehead atoms. The van der Waals surface area contributed by atoms with Crippen LogP contribution in [-0.2, 0) is 4.79 Å². The summed E-state index contributed by atoms with van der Waals surface area (Å²) in [4.78, 5) is 35.3. The number of carbonyl (C=O) groups excluding carboxylic acids is 2. The van der Waals surface area contributed by atoms with Gasteiger partial charge in [-0.3, -0.25) is 0 Å². The first-order valence-corrected chi connectivity index (χ1v) is 5.86. The molecule has 1 aliphatic heterocycles. The lowest BCUT2D eigenvalue weighted by Crippen LogP contribution is -2.45. The van der Waals surface area contributed by atoms with Gasteiger partial charge < -0.3 is 20.8 Å².